The summed E-state index contributed by atoms with van der Waals surface area (Å²) in [4.78, 5) is 28.3. The van der Waals surface area contributed by atoms with E-state index in [1.807, 2.05) is 63.5 Å². The maximum atomic E-state index is 13.0. The molecule has 2 N–H and O–H groups in total. The molecule has 0 aliphatic carbocycles. The predicted molar refractivity (Wildman–Crippen MR) is 149 cm³/mol. The fourth-order valence-corrected chi connectivity index (χ4v) is 3.65. The molecule has 192 valence electrons. The van der Waals surface area contributed by atoms with Crippen molar-refractivity contribution in [3.05, 3.63) is 95.6 Å². The summed E-state index contributed by atoms with van der Waals surface area (Å²) in [6.07, 6.45) is 3.83. The Bertz CT molecular complexity index is 1490. The Morgan fingerprint density at radius 2 is 1.74 bits per heavy atom. The molecular formula is C30H30N6O2. The van der Waals surface area contributed by atoms with Crippen molar-refractivity contribution >= 4 is 17.9 Å². The number of carbonyl (C=O) groups excluding carboxylic acids is 2. The smallest absolute Gasteiger partial charge is 0.255 e. The number of hydrogen-bond donors (Lipinski definition) is 2. The number of nitriles is 1. The van der Waals surface area contributed by atoms with Gasteiger partial charge in [0.2, 0.25) is 0 Å². The Morgan fingerprint density at radius 1 is 1.00 bits per heavy atom. The van der Waals surface area contributed by atoms with Crippen LogP contribution in [0.4, 0.5) is 5.69 Å². The van der Waals surface area contributed by atoms with Crippen LogP contribution in [0.5, 0.6) is 0 Å². The van der Waals surface area contributed by atoms with E-state index in [-0.39, 0.29) is 11.6 Å². The molecule has 0 radical (unpaired) electrons. The van der Waals surface area contributed by atoms with Crippen molar-refractivity contribution in [3.63, 3.8) is 0 Å². The van der Waals surface area contributed by atoms with Gasteiger partial charge in [-0.05, 0) is 93.5 Å². The van der Waals surface area contributed by atoms with Crippen LogP contribution in [0.25, 0.3) is 22.3 Å². The molecule has 0 atom stereocenters. The predicted octanol–water partition coefficient (Wildman–Crippen LogP) is 5.22. The van der Waals surface area contributed by atoms with Crippen LogP contribution in [0.1, 0.15) is 46.0 Å². The van der Waals surface area contributed by atoms with Crippen LogP contribution in [0, 0.1) is 18.3 Å². The van der Waals surface area contributed by atoms with Gasteiger partial charge in [0, 0.05) is 23.0 Å². The van der Waals surface area contributed by atoms with Gasteiger partial charge in [-0.15, -0.1) is 5.10 Å². The molecule has 8 heteroatoms. The lowest BCUT2D eigenvalue weighted by Crippen LogP contribution is -2.18. The largest absolute Gasteiger partial charge is 0.323 e. The second-order valence-electron chi connectivity index (χ2n) is 9.22. The van der Waals surface area contributed by atoms with E-state index in [9.17, 15) is 14.9 Å². The van der Waals surface area contributed by atoms with Gasteiger partial charge in [-0.1, -0.05) is 24.3 Å². The molecule has 0 aliphatic rings. The van der Waals surface area contributed by atoms with Gasteiger partial charge in [-0.25, -0.2) is 0 Å². The third kappa shape index (κ3) is 6.72. The lowest BCUT2D eigenvalue weighted by atomic mass is 9.90. The second kappa shape index (κ2) is 12.5. The van der Waals surface area contributed by atoms with Gasteiger partial charge in [0.15, 0.2) is 6.29 Å². The monoisotopic (exact) mass is 506 g/mol. The zero-order chi connectivity index (χ0) is 27.7. The van der Waals surface area contributed by atoms with Gasteiger partial charge in [0.25, 0.3) is 5.91 Å². The fraction of sp³-hybridized carbons (Fsp3) is 0.200. The highest BCUT2D eigenvalue weighted by atomic mass is 16.1. The number of rotatable bonds is 6. The number of anilines is 1. The van der Waals surface area contributed by atoms with Crippen molar-refractivity contribution in [3.8, 4) is 28.3 Å². The van der Waals surface area contributed by atoms with Crippen molar-refractivity contribution < 1.29 is 9.59 Å². The molecule has 4 rings (SSSR count). The van der Waals surface area contributed by atoms with Gasteiger partial charge in [0.1, 0.15) is 5.69 Å². The second-order valence-corrected chi connectivity index (χ2v) is 9.22. The van der Waals surface area contributed by atoms with Crippen molar-refractivity contribution in [2.75, 3.05) is 19.4 Å². The van der Waals surface area contributed by atoms with E-state index in [1.54, 1.807) is 44.4 Å². The first-order chi connectivity index (χ1) is 18.2. The Hall–Kier alpha value is -4.74. The van der Waals surface area contributed by atoms with Crippen molar-refractivity contribution in [2.45, 2.75) is 26.2 Å². The van der Waals surface area contributed by atoms with Crippen LogP contribution in [-0.4, -0.2) is 41.5 Å². The first-order valence-electron chi connectivity index (χ1n) is 12.0. The summed E-state index contributed by atoms with van der Waals surface area (Å²) < 4.78 is 0. The van der Waals surface area contributed by atoms with E-state index in [4.69, 9.17) is 0 Å². The van der Waals surface area contributed by atoms with E-state index in [0.29, 0.717) is 23.2 Å². The summed E-state index contributed by atoms with van der Waals surface area (Å²) in [5.41, 5.74) is 5.75. The number of aldehydes is 1. The van der Waals surface area contributed by atoms with Crippen molar-refractivity contribution in [1.29, 1.82) is 5.26 Å². The zero-order valence-electron chi connectivity index (χ0n) is 22.1. The quantitative estimate of drug-likeness (QED) is 0.344. The molecule has 2 heterocycles. The summed E-state index contributed by atoms with van der Waals surface area (Å²) in [5, 5.41) is 22.8. The Labute approximate surface area is 222 Å². The maximum absolute atomic E-state index is 13.0. The van der Waals surface area contributed by atoms with Crippen LogP contribution < -0.4 is 10.6 Å². The highest BCUT2D eigenvalue weighted by Gasteiger charge is 2.22. The maximum Gasteiger partial charge on any atom is 0.255 e. The van der Waals surface area contributed by atoms with E-state index in [0.717, 1.165) is 27.8 Å². The summed E-state index contributed by atoms with van der Waals surface area (Å²) >= 11 is 0. The molecule has 0 bridgehead atoms. The Kier molecular flexibility index (Phi) is 9.14. The first-order valence-corrected chi connectivity index (χ1v) is 12.0. The summed E-state index contributed by atoms with van der Waals surface area (Å²) in [6.45, 7) is 5.53. The molecule has 1 amide bonds. The molecule has 38 heavy (non-hydrogen) atoms. The van der Waals surface area contributed by atoms with E-state index >= 15 is 0 Å². The van der Waals surface area contributed by atoms with Gasteiger partial charge in [-0.3, -0.25) is 14.6 Å². The standard InChI is InChI=1S/C28H23N5O2.C2H7N/c1-18-7-8-23(32-27(35)21-9-10-30-26(13-21)28(2,3)17-29)14-25(18)20-6-4-5-19(11-20)22-12-24(16-34)33-31-15-22;1-3-2/h4-16H,1-3H3,(H,32,35);3H,1-2H3. The van der Waals surface area contributed by atoms with Crippen molar-refractivity contribution in [2.24, 2.45) is 0 Å². The topological polar surface area (TPSA) is 121 Å². The summed E-state index contributed by atoms with van der Waals surface area (Å²) in [7, 11) is 3.75. The number of benzene rings is 2. The normalized spacial score (nSPS) is 10.5. The number of nitrogens with one attached hydrogen (secondary N) is 2. The van der Waals surface area contributed by atoms with E-state index in [2.05, 4.69) is 31.9 Å². The van der Waals surface area contributed by atoms with E-state index < -0.39 is 5.41 Å². The molecule has 0 fully saturated rings. The van der Waals surface area contributed by atoms with Crippen molar-refractivity contribution in [1.82, 2.24) is 20.5 Å². The third-order valence-corrected chi connectivity index (χ3v) is 5.74. The Balaban J connectivity index is 0.00000127. The average Bonchev–Trinajstić information content (AvgIpc) is 2.94. The van der Waals surface area contributed by atoms with Gasteiger partial charge < -0.3 is 10.6 Å². The molecule has 2 aromatic heterocycles. The summed E-state index contributed by atoms with van der Waals surface area (Å²) in [6, 6.07) is 20.8. The van der Waals surface area contributed by atoms with Gasteiger partial charge >= 0.3 is 0 Å². The molecule has 0 saturated carbocycles. The van der Waals surface area contributed by atoms with E-state index in [1.165, 1.54) is 0 Å². The first kappa shape index (κ1) is 27.8. The molecule has 0 spiro atoms. The summed E-state index contributed by atoms with van der Waals surface area (Å²) in [5.74, 6) is -0.282. The number of amides is 1. The highest BCUT2D eigenvalue weighted by Crippen LogP contribution is 2.30. The number of nitrogens with zero attached hydrogens (tertiary/aromatic N) is 4. The number of aromatic nitrogens is 3. The minimum atomic E-state index is -0.796. The fourth-order valence-electron chi connectivity index (χ4n) is 3.65. The SMILES string of the molecule is CNC.Cc1ccc(NC(=O)c2ccnc(C(C)(C)C#N)c2)cc1-c1cccc(-c2cnnc(C=O)c2)c1. The molecule has 0 saturated heterocycles. The van der Waals surface area contributed by atoms with Crippen LogP contribution in [-0.2, 0) is 5.41 Å². The molecule has 2 aromatic carbocycles. The number of carbonyl (C=O) groups is 2. The molecule has 8 nitrogen and oxygen atoms in total. The van der Waals surface area contributed by atoms with Gasteiger partial charge in [0.05, 0.1) is 23.4 Å². The van der Waals surface area contributed by atoms with Crippen LogP contribution in [0.3, 0.4) is 0 Å². The molecule has 0 aliphatic heterocycles. The number of hydrogen-bond acceptors (Lipinski definition) is 7. The zero-order valence-corrected chi connectivity index (χ0v) is 22.1. The van der Waals surface area contributed by atoms with Crippen LogP contribution in [0.15, 0.2) is 73.1 Å². The van der Waals surface area contributed by atoms with Crippen LogP contribution >= 0.6 is 0 Å². The van der Waals surface area contributed by atoms with Gasteiger partial charge in [-0.2, -0.15) is 10.4 Å². The average molecular weight is 507 g/mol. The molecule has 4 aromatic rings. The minimum absolute atomic E-state index is 0.270. The lowest BCUT2D eigenvalue weighted by Gasteiger charge is -2.15. The third-order valence-electron chi connectivity index (χ3n) is 5.74. The molecular weight excluding hydrogens is 476 g/mol. The highest BCUT2D eigenvalue weighted by molar-refractivity contribution is 6.04. The molecule has 0 unspecified atom stereocenters. The number of aryl methyl sites for hydroxylation is 1. The number of pyridine rings is 1. The van der Waals surface area contributed by atoms with Crippen LogP contribution in [0.2, 0.25) is 0 Å². The Morgan fingerprint density at radius 3 is 2.45 bits per heavy atom. The lowest BCUT2D eigenvalue weighted by molar-refractivity contribution is 0.102. The minimum Gasteiger partial charge on any atom is -0.323 e.